The van der Waals surface area contributed by atoms with Crippen LogP contribution in [0.1, 0.15) is 42.8 Å². The van der Waals surface area contributed by atoms with E-state index in [-0.39, 0.29) is 5.91 Å². The number of rotatable bonds is 2. The number of carbonyl (C=O) groups excluding carboxylic acids is 1. The SMILES string of the molecule is CC1CCCC(NC(=O)c2sccc2N)C1C. The van der Waals surface area contributed by atoms with Gasteiger partial charge in [0.15, 0.2) is 0 Å². The van der Waals surface area contributed by atoms with Crippen LogP contribution in [0.2, 0.25) is 0 Å². The van der Waals surface area contributed by atoms with Crippen LogP contribution >= 0.6 is 11.3 Å². The van der Waals surface area contributed by atoms with Crippen molar-refractivity contribution in [2.24, 2.45) is 11.8 Å². The molecule has 1 aromatic rings. The molecule has 3 nitrogen and oxygen atoms in total. The van der Waals surface area contributed by atoms with Crippen molar-refractivity contribution in [1.29, 1.82) is 0 Å². The molecule has 0 saturated heterocycles. The normalized spacial score (nSPS) is 28.9. The number of carbonyl (C=O) groups is 1. The summed E-state index contributed by atoms with van der Waals surface area (Å²) in [6.45, 7) is 4.50. The largest absolute Gasteiger partial charge is 0.397 e. The highest BCUT2D eigenvalue weighted by Crippen LogP contribution is 2.30. The average Bonchev–Trinajstić information content (AvgIpc) is 2.71. The minimum atomic E-state index is -0.0107. The van der Waals surface area contributed by atoms with Crippen molar-refractivity contribution in [3.05, 3.63) is 16.3 Å². The zero-order valence-corrected chi connectivity index (χ0v) is 11.2. The van der Waals surface area contributed by atoms with Gasteiger partial charge in [0.05, 0.1) is 5.69 Å². The monoisotopic (exact) mass is 252 g/mol. The van der Waals surface area contributed by atoms with E-state index in [4.69, 9.17) is 5.73 Å². The lowest BCUT2D eigenvalue weighted by Gasteiger charge is -2.34. The highest BCUT2D eigenvalue weighted by Gasteiger charge is 2.28. The van der Waals surface area contributed by atoms with Gasteiger partial charge in [0, 0.05) is 6.04 Å². The third-order valence-electron chi connectivity index (χ3n) is 3.93. The molecule has 2 rings (SSSR count). The van der Waals surface area contributed by atoms with Gasteiger partial charge in [-0.1, -0.05) is 26.7 Å². The molecule has 1 amide bonds. The molecule has 4 heteroatoms. The number of hydrogen-bond acceptors (Lipinski definition) is 3. The molecule has 3 N–H and O–H groups in total. The number of nitrogen functional groups attached to an aromatic ring is 1. The zero-order valence-electron chi connectivity index (χ0n) is 10.4. The molecular formula is C13H20N2OS. The van der Waals surface area contributed by atoms with E-state index in [0.29, 0.717) is 28.4 Å². The van der Waals surface area contributed by atoms with Crippen LogP contribution in [0.3, 0.4) is 0 Å². The Morgan fingerprint density at radius 1 is 1.47 bits per heavy atom. The van der Waals surface area contributed by atoms with Crippen LogP contribution in [-0.4, -0.2) is 11.9 Å². The summed E-state index contributed by atoms with van der Waals surface area (Å²) < 4.78 is 0. The van der Waals surface area contributed by atoms with Gasteiger partial charge in [-0.25, -0.2) is 0 Å². The van der Waals surface area contributed by atoms with Crippen LogP contribution < -0.4 is 11.1 Å². The Bertz CT molecular complexity index is 402. The van der Waals surface area contributed by atoms with Gasteiger partial charge in [-0.05, 0) is 29.7 Å². The molecule has 0 aliphatic heterocycles. The first-order valence-corrected chi connectivity index (χ1v) is 7.11. The first kappa shape index (κ1) is 12.4. The molecule has 0 aromatic carbocycles. The predicted molar refractivity (Wildman–Crippen MR) is 72.2 cm³/mol. The Hall–Kier alpha value is -1.03. The fourth-order valence-electron chi connectivity index (χ4n) is 2.52. The number of thiophene rings is 1. The fraction of sp³-hybridized carbons (Fsp3) is 0.615. The predicted octanol–water partition coefficient (Wildman–Crippen LogP) is 2.88. The standard InChI is InChI=1S/C13H20N2OS/c1-8-4-3-5-11(9(8)2)15-13(16)12-10(14)6-7-17-12/h6-9,11H,3-5,14H2,1-2H3,(H,15,16). The number of amides is 1. The second kappa shape index (κ2) is 5.08. The van der Waals surface area contributed by atoms with Crippen molar-refractivity contribution < 1.29 is 4.79 Å². The minimum absolute atomic E-state index is 0.0107. The summed E-state index contributed by atoms with van der Waals surface area (Å²) in [6.07, 6.45) is 3.56. The molecule has 94 valence electrons. The molecule has 1 fully saturated rings. The molecule has 3 atom stereocenters. The minimum Gasteiger partial charge on any atom is -0.397 e. The smallest absolute Gasteiger partial charge is 0.263 e. The summed E-state index contributed by atoms with van der Waals surface area (Å²) in [4.78, 5) is 12.7. The first-order valence-electron chi connectivity index (χ1n) is 6.23. The topological polar surface area (TPSA) is 55.1 Å². The van der Waals surface area contributed by atoms with Crippen molar-refractivity contribution in [1.82, 2.24) is 5.32 Å². The van der Waals surface area contributed by atoms with E-state index in [9.17, 15) is 4.79 Å². The van der Waals surface area contributed by atoms with E-state index in [1.54, 1.807) is 6.07 Å². The third-order valence-corrected chi connectivity index (χ3v) is 4.85. The van der Waals surface area contributed by atoms with Gasteiger partial charge in [0.25, 0.3) is 5.91 Å². The van der Waals surface area contributed by atoms with Crippen LogP contribution in [0, 0.1) is 11.8 Å². The van der Waals surface area contributed by atoms with Crippen LogP contribution in [-0.2, 0) is 0 Å². The molecule has 1 aromatic heterocycles. The second-order valence-corrected chi connectivity index (χ2v) is 5.97. The lowest BCUT2D eigenvalue weighted by Crippen LogP contribution is -2.43. The van der Waals surface area contributed by atoms with Crippen molar-refractivity contribution in [2.45, 2.75) is 39.2 Å². The average molecular weight is 252 g/mol. The quantitative estimate of drug-likeness (QED) is 0.850. The van der Waals surface area contributed by atoms with Gasteiger partial charge >= 0.3 is 0 Å². The number of anilines is 1. The van der Waals surface area contributed by atoms with Gasteiger partial charge < -0.3 is 11.1 Å². The van der Waals surface area contributed by atoms with Crippen LogP contribution in [0.15, 0.2) is 11.4 Å². The van der Waals surface area contributed by atoms with Gasteiger partial charge in [-0.3, -0.25) is 4.79 Å². The van der Waals surface area contributed by atoms with E-state index in [1.165, 1.54) is 24.2 Å². The van der Waals surface area contributed by atoms with Gasteiger partial charge in [0.2, 0.25) is 0 Å². The van der Waals surface area contributed by atoms with Crippen molar-refractivity contribution in [3.63, 3.8) is 0 Å². The van der Waals surface area contributed by atoms with Crippen molar-refractivity contribution in [2.75, 3.05) is 5.73 Å². The Morgan fingerprint density at radius 2 is 2.24 bits per heavy atom. The summed E-state index contributed by atoms with van der Waals surface area (Å²) in [5.74, 6) is 1.23. The summed E-state index contributed by atoms with van der Waals surface area (Å²) in [5, 5.41) is 4.99. The number of nitrogens with one attached hydrogen (secondary N) is 1. The van der Waals surface area contributed by atoms with Crippen molar-refractivity contribution in [3.8, 4) is 0 Å². The van der Waals surface area contributed by atoms with E-state index in [0.717, 1.165) is 6.42 Å². The van der Waals surface area contributed by atoms with Crippen LogP contribution in [0.5, 0.6) is 0 Å². The van der Waals surface area contributed by atoms with E-state index in [2.05, 4.69) is 19.2 Å². The Morgan fingerprint density at radius 3 is 2.88 bits per heavy atom. The van der Waals surface area contributed by atoms with E-state index < -0.39 is 0 Å². The summed E-state index contributed by atoms with van der Waals surface area (Å²) >= 11 is 1.41. The van der Waals surface area contributed by atoms with E-state index in [1.807, 2.05) is 5.38 Å². The molecule has 1 aliphatic carbocycles. The highest BCUT2D eigenvalue weighted by molar-refractivity contribution is 7.12. The van der Waals surface area contributed by atoms with E-state index >= 15 is 0 Å². The third kappa shape index (κ3) is 2.63. The highest BCUT2D eigenvalue weighted by atomic mass is 32.1. The fourth-order valence-corrected chi connectivity index (χ4v) is 3.24. The van der Waals surface area contributed by atoms with Gasteiger partial charge in [-0.2, -0.15) is 0 Å². The van der Waals surface area contributed by atoms with Crippen LogP contribution in [0.25, 0.3) is 0 Å². The number of hydrogen-bond donors (Lipinski definition) is 2. The summed E-state index contributed by atoms with van der Waals surface area (Å²) in [7, 11) is 0. The molecule has 1 aliphatic rings. The lowest BCUT2D eigenvalue weighted by molar-refractivity contribution is 0.0896. The molecule has 17 heavy (non-hydrogen) atoms. The summed E-state index contributed by atoms with van der Waals surface area (Å²) in [5.41, 5.74) is 6.35. The Balaban J connectivity index is 2.01. The molecule has 3 unspecified atom stereocenters. The molecule has 0 radical (unpaired) electrons. The van der Waals surface area contributed by atoms with Gasteiger partial charge in [-0.15, -0.1) is 11.3 Å². The molecule has 1 heterocycles. The molecule has 1 saturated carbocycles. The second-order valence-electron chi connectivity index (χ2n) is 5.05. The van der Waals surface area contributed by atoms with Gasteiger partial charge in [0.1, 0.15) is 4.88 Å². The lowest BCUT2D eigenvalue weighted by atomic mass is 9.78. The maximum Gasteiger partial charge on any atom is 0.263 e. The Kier molecular flexibility index (Phi) is 3.72. The Labute approximate surface area is 106 Å². The summed E-state index contributed by atoms with van der Waals surface area (Å²) in [6, 6.07) is 2.08. The van der Waals surface area contributed by atoms with Crippen LogP contribution in [0.4, 0.5) is 5.69 Å². The first-order chi connectivity index (χ1) is 8.09. The molecular weight excluding hydrogens is 232 g/mol. The zero-order chi connectivity index (χ0) is 12.4. The molecule has 0 bridgehead atoms. The maximum absolute atomic E-state index is 12.1. The molecule has 0 spiro atoms. The number of nitrogens with two attached hydrogens (primary N) is 1. The van der Waals surface area contributed by atoms with Crippen molar-refractivity contribution >= 4 is 22.9 Å². The maximum atomic E-state index is 12.1.